The van der Waals surface area contributed by atoms with Gasteiger partial charge >= 0.3 is 0 Å². The van der Waals surface area contributed by atoms with Gasteiger partial charge in [-0.2, -0.15) is 5.26 Å². The molecule has 0 radical (unpaired) electrons. The number of nitrogens with zero attached hydrogens (tertiary/aromatic N) is 2. The first-order valence-corrected chi connectivity index (χ1v) is 7.52. The first-order valence-electron chi connectivity index (χ1n) is 7.52. The Morgan fingerprint density at radius 1 is 1.32 bits per heavy atom. The van der Waals surface area contributed by atoms with Crippen molar-refractivity contribution in [2.24, 2.45) is 10.7 Å². The predicted molar refractivity (Wildman–Crippen MR) is 96.0 cm³/mol. The van der Waals surface area contributed by atoms with Gasteiger partial charge < -0.3 is 15.6 Å². The van der Waals surface area contributed by atoms with E-state index in [0.717, 1.165) is 11.1 Å². The smallest absolute Gasteiger partial charge is 0.202 e. The molecule has 6 heteroatoms. The number of benzene rings is 2. The van der Waals surface area contributed by atoms with Gasteiger partial charge in [-0.1, -0.05) is 36.1 Å². The summed E-state index contributed by atoms with van der Waals surface area (Å²) in [5.74, 6) is 6.35. The van der Waals surface area contributed by atoms with Crippen LogP contribution >= 0.6 is 0 Å². The van der Waals surface area contributed by atoms with E-state index in [1.165, 1.54) is 7.11 Å². The molecule has 0 aromatic heterocycles. The van der Waals surface area contributed by atoms with E-state index in [1.54, 1.807) is 18.3 Å². The molecule has 2 aromatic rings. The number of ether oxygens (including phenoxy) is 1. The Hall–Kier alpha value is -3.64. The molecule has 1 unspecified atom stereocenters. The number of nitrogens with one attached hydrogen (secondary N) is 1. The number of phenols is 1. The molecule has 0 bridgehead atoms. The van der Waals surface area contributed by atoms with Crippen molar-refractivity contribution in [2.45, 2.75) is 5.92 Å². The third-order valence-electron chi connectivity index (χ3n) is 3.40. The van der Waals surface area contributed by atoms with Crippen LogP contribution in [0.25, 0.3) is 0 Å². The van der Waals surface area contributed by atoms with Crippen LogP contribution in [0.2, 0.25) is 0 Å². The van der Waals surface area contributed by atoms with E-state index in [1.807, 2.05) is 36.4 Å². The van der Waals surface area contributed by atoms with Gasteiger partial charge in [-0.25, -0.2) is 0 Å². The molecule has 4 N–H and O–H groups in total. The molecular weight excluding hydrogens is 316 g/mol. The molecule has 126 valence electrons. The Labute approximate surface area is 146 Å². The van der Waals surface area contributed by atoms with Crippen LogP contribution < -0.4 is 15.8 Å². The lowest BCUT2D eigenvalue weighted by atomic mass is 9.98. The monoisotopic (exact) mass is 334 g/mol. The van der Waals surface area contributed by atoms with E-state index in [0.29, 0.717) is 5.75 Å². The number of hydrogen-bond acceptors (Lipinski definition) is 4. The van der Waals surface area contributed by atoms with Gasteiger partial charge in [0, 0.05) is 5.56 Å². The second-order valence-corrected chi connectivity index (χ2v) is 5.08. The summed E-state index contributed by atoms with van der Waals surface area (Å²) in [4.78, 5) is 4.12. The number of aliphatic imine (C=N–C) groups is 1. The maximum atomic E-state index is 10.00. The number of aromatic hydroxyl groups is 1. The zero-order valence-corrected chi connectivity index (χ0v) is 13.7. The van der Waals surface area contributed by atoms with Gasteiger partial charge in [0.05, 0.1) is 19.6 Å². The van der Waals surface area contributed by atoms with E-state index in [4.69, 9.17) is 15.7 Å². The van der Waals surface area contributed by atoms with Gasteiger partial charge in [-0.3, -0.25) is 10.3 Å². The minimum absolute atomic E-state index is 0.0201. The fourth-order valence-electron chi connectivity index (χ4n) is 2.14. The summed E-state index contributed by atoms with van der Waals surface area (Å²) in [6.45, 7) is 0.242. The van der Waals surface area contributed by atoms with Crippen molar-refractivity contribution in [3.05, 3.63) is 59.7 Å². The summed E-state index contributed by atoms with van der Waals surface area (Å²) in [6.07, 6.45) is 1.71. The normalized spacial score (nSPS) is 11.6. The van der Waals surface area contributed by atoms with Crippen LogP contribution in [-0.4, -0.2) is 24.7 Å². The molecule has 2 rings (SSSR count). The number of rotatable bonds is 4. The summed E-state index contributed by atoms with van der Waals surface area (Å²) >= 11 is 0. The summed E-state index contributed by atoms with van der Waals surface area (Å²) in [5, 5.41) is 20.8. The van der Waals surface area contributed by atoms with Crippen LogP contribution in [0, 0.1) is 23.3 Å². The molecule has 0 amide bonds. The molecule has 0 saturated carbocycles. The Morgan fingerprint density at radius 3 is 2.72 bits per heavy atom. The van der Waals surface area contributed by atoms with Crippen molar-refractivity contribution >= 4 is 5.96 Å². The van der Waals surface area contributed by atoms with Gasteiger partial charge in [-0.05, 0) is 29.8 Å². The molecule has 0 aliphatic carbocycles. The Balaban J connectivity index is 2.32. The van der Waals surface area contributed by atoms with E-state index in [9.17, 15) is 5.11 Å². The molecule has 0 aliphatic rings. The molecule has 0 heterocycles. The maximum absolute atomic E-state index is 10.00. The number of methoxy groups -OCH3 is 1. The number of phenolic OH excluding ortho intramolecular Hbond substituents is 1. The Kier molecular flexibility index (Phi) is 6.27. The van der Waals surface area contributed by atoms with E-state index < -0.39 is 0 Å². The molecule has 0 saturated heterocycles. The highest BCUT2D eigenvalue weighted by Gasteiger charge is 2.12. The Morgan fingerprint density at radius 2 is 2.08 bits per heavy atom. The van der Waals surface area contributed by atoms with Gasteiger partial charge in [0.25, 0.3) is 0 Å². The minimum atomic E-state index is -0.309. The quantitative estimate of drug-likeness (QED) is 0.261. The first-order chi connectivity index (χ1) is 12.1. The number of hydrogen-bond donors (Lipinski definition) is 3. The average molecular weight is 334 g/mol. The largest absolute Gasteiger partial charge is 0.504 e. The first kappa shape index (κ1) is 17.7. The molecule has 0 aliphatic heterocycles. The number of nitrogens with two attached hydrogens (primary N) is 1. The van der Waals surface area contributed by atoms with Crippen LogP contribution in [0.15, 0.2) is 53.5 Å². The van der Waals surface area contributed by atoms with E-state index in [-0.39, 0.29) is 24.2 Å². The standard InChI is InChI=1S/C19H18N4O2/c1-25-18-10-9-15(11-17(18)24)16(12-22-19(21)23-13-20)8-7-14-5-3-2-4-6-14/h2-6,9-11,16,24H,12H2,1H3,(H3,21,22,23). The van der Waals surface area contributed by atoms with E-state index >= 15 is 0 Å². The van der Waals surface area contributed by atoms with Crippen LogP contribution in [0.4, 0.5) is 0 Å². The molecule has 0 spiro atoms. The number of guanidine groups is 1. The highest BCUT2D eigenvalue weighted by Crippen LogP contribution is 2.29. The van der Waals surface area contributed by atoms with Crippen molar-refractivity contribution in [1.29, 1.82) is 5.26 Å². The summed E-state index contributed by atoms with van der Waals surface area (Å²) < 4.78 is 5.06. The third kappa shape index (κ3) is 5.19. The zero-order valence-electron chi connectivity index (χ0n) is 13.7. The fourth-order valence-corrected chi connectivity index (χ4v) is 2.14. The minimum Gasteiger partial charge on any atom is -0.504 e. The topological polar surface area (TPSA) is 104 Å². The predicted octanol–water partition coefficient (Wildman–Crippen LogP) is 1.92. The van der Waals surface area contributed by atoms with Crippen LogP contribution in [0.3, 0.4) is 0 Å². The van der Waals surface area contributed by atoms with Crippen molar-refractivity contribution in [3.63, 3.8) is 0 Å². The SMILES string of the molecule is COc1ccc(C(C#Cc2ccccc2)CN=C(N)NC#N)cc1O. The van der Waals surface area contributed by atoms with Crippen LogP contribution in [0.1, 0.15) is 17.0 Å². The van der Waals surface area contributed by atoms with Crippen LogP contribution in [0.5, 0.6) is 11.5 Å². The van der Waals surface area contributed by atoms with Gasteiger partial charge in [0.15, 0.2) is 17.7 Å². The summed E-state index contributed by atoms with van der Waals surface area (Å²) in [6, 6.07) is 14.6. The lowest BCUT2D eigenvalue weighted by Crippen LogP contribution is -2.28. The fraction of sp³-hybridized carbons (Fsp3) is 0.158. The Bertz CT molecular complexity index is 845. The molecule has 1 atom stereocenters. The molecule has 2 aromatic carbocycles. The van der Waals surface area contributed by atoms with E-state index in [2.05, 4.69) is 22.2 Å². The summed E-state index contributed by atoms with van der Waals surface area (Å²) in [5.41, 5.74) is 7.24. The molecule has 0 fully saturated rings. The van der Waals surface area contributed by atoms with Crippen LogP contribution in [-0.2, 0) is 0 Å². The lowest BCUT2D eigenvalue weighted by Gasteiger charge is -2.11. The zero-order chi connectivity index (χ0) is 18.1. The average Bonchev–Trinajstić information content (AvgIpc) is 2.63. The van der Waals surface area contributed by atoms with Crippen molar-refractivity contribution in [1.82, 2.24) is 5.32 Å². The second kappa shape index (κ2) is 8.85. The highest BCUT2D eigenvalue weighted by atomic mass is 16.5. The third-order valence-corrected chi connectivity index (χ3v) is 3.40. The van der Waals surface area contributed by atoms with Crippen molar-refractivity contribution < 1.29 is 9.84 Å². The summed E-state index contributed by atoms with van der Waals surface area (Å²) in [7, 11) is 1.49. The second-order valence-electron chi connectivity index (χ2n) is 5.08. The van der Waals surface area contributed by atoms with Gasteiger partial charge in [0.2, 0.25) is 5.96 Å². The maximum Gasteiger partial charge on any atom is 0.202 e. The van der Waals surface area contributed by atoms with Gasteiger partial charge in [-0.15, -0.1) is 0 Å². The van der Waals surface area contributed by atoms with Gasteiger partial charge in [0.1, 0.15) is 0 Å². The lowest BCUT2D eigenvalue weighted by molar-refractivity contribution is 0.373. The highest BCUT2D eigenvalue weighted by molar-refractivity contribution is 5.79. The molecule has 25 heavy (non-hydrogen) atoms. The molecular formula is C19H18N4O2. The number of nitriles is 1. The molecule has 6 nitrogen and oxygen atoms in total. The van der Waals surface area contributed by atoms with Crippen molar-refractivity contribution in [3.8, 4) is 29.5 Å². The van der Waals surface area contributed by atoms with Crippen molar-refractivity contribution in [2.75, 3.05) is 13.7 Å².